The van der Waals surface area contributed by atoms with Crippen LogP contribution in [0.5, 0.6) is 0 Å². The monoisotopic (exact) mass is 374 g/mol. The normalized spacial score (nSPS) is 14.2. The number of benzene rings is 1. The van der Waals surface area contributed by atoms with Crippen LogP contribution in [-0.4, -0.2) is 8.59 Å². The van der Waals surface area contributed by atoms with Crippen molar-refractivity contribution in [2.24, 2.45) is 0 Å². The Balaban J connectivity index is 2.96. The van der Waals surface area contributed by atoms with Gasteiger partial charge in [-0.1, -0.05) is 28.1 Å². The molecule has 72 valence electrons. The summed E-state index contributed by atoms with van der Waals surface area (Å²) in [7, 11) is 0. The van der Waals surface area contributed by atoms with Gasteiger partial charge in [-0.2, -0.15) is 0 Å². The van der Waals surface area contributed by atoms with Crippen LogP contribution in [0.4, 0.5) is 4.39 Å². The Morgan fingerprint density at radius 3 is 2.46 bits per heavy atom. The molecule has 0 fully saturated rings. The number of hydrogen-bond donors (Lipinski definition) is 1. The lowest BCUT2D eigenvalue weighted by Gasteiger charge is -2.18. The lowest BCUT2D eigenvalue weighted by Crippen LogP contribution is -2.16. The van der Waals surface area contributed by atoms with Crippen molar-refractivity contribution in [3.8, 4) is 0 Å². The smallest absolute Gasteiger partial charge is 0.248 e. The number of alkyl halides is 3. The molecule has 1 aromatic rings. The van der Waals surface area contributed by atoms with E-state index in [2.05, 4.69) is 47.8 Å². The van der Waals surface area contributed by atoms with E-state index in [4.69, 9.17) is 0 Å². The molecule has 0 aliphatic heterocycles. The minimum Gasteiger partial charge on any atom is -0.383 e. The summed E-state index contributed by atoms with van der Waals surface area (Å²) in [5.41, 5.74) is 0.491. The summed E-state index contributed by atoms with van der Waals surface area (Å²) in [6.07, 6.45) is -1.25. The molecule has 13 heavy (non-hydrogen) atoms. The van der Waals surface area contributed by atoms with Crippen LogP contribution in [0.25, 0.3) is 0 Å². The van der Waals surface area contributed by atoms with Crippen LogP contribution in [-0.2, 0) is 0 Å². The Bertz CT molecular complexity index is 298. The molecule has 0 spiro atoms. The highest BCUT2D eigenvalue weighted by atomic mass is 79.9. The predicted octanol–water partition coefficient (Wildman–Crippen LogP) is 3.90. The minimum absolute atomic E-state index is 0.491. The van der Waals surface area contributed by atoms with Gasteiger partial charge in [0.05, 0.1) is 0 Å². The van der Waals surface area contributed by atoms with E-state index >= 15 is 0 Å². The second-order valence-electron chi connectivity index (χ2n) is 2.50. The second kappa shape index (κ2) is 4.38. The zero-order valence-corrected chi connectivity index (χ0v) is 11.1. The topological polar surface area (TPSA) is 20.2 Å². The van der Waals surface area contributed by atoms with Gasteiger partial charge in [-0.3, -0.25) is 0 Å². The average Bonchev–Trinajstić information content (AvgIpc) is 2.01. The Kier molecular flexibility index (Phi) is 3.92. The lowest BCUT2D eigenvalue weighted by molar-refractivity contribution is 0.114. The lowest BCUT2D eigenvalue weighted by atomic mass is 10.1. The van der Waals surface area contributed by atoms with Crippen molar-refractivity contribution in [1.82, 2.24) is 0 Å². The van der Waals surface area contributed by atoms with E-state index in [1.807, 2.05) is 0 Å². The molecule has 1 aromatic carbocycles. The van der Waals surface area contributed by atoms with E-state index < -0.39 is 9.59 Å². The molecule has 1 N–H and O–H groups in total. The standard InChI is InChI=1S/C8H6Br3FO/c9-6-3-1-2-5(4-6)7(13)8(10,11)12/h1-4,7,13H. The van der Waals surface area contributed by atoms with E-state index in [1.54, 1.807) is 24.3 Å². The highest BCUT2D eigenvalue weighted by Crippen LogP contribution is 2.41. The van der Waals surface area contributed by atoms with Crippen LogP contribution in [0.3, 0.4) is 0 Å². The van der Waals surface area contributed by atoms with Crippen LogP contribution >= 0.6 is 47.8 Å². The van der Waals surface area contributed by atoms with Crippen LogP contribution in [0.15, 0.2) is 28.7 Å². The molecule has 0 radical (unpaired) electrons. The predicted molar refractivity (Wildman–Crippen MR) is 60.8 cm³/mol. The summed E-state index contributed by atoms with van der Waals surface area (Å²) in [4.78, 5) is 0. The maximum absolute atomic E-state index is 13.2. The third kappa shape index (κ3) is 3.31. The maximum Gasteiger partial charge on any atom is 0.248 e. The Labute approximate surface area is 101 Å². The van der Waals surface area contributed by atoms with Gasteiger partial charge in [0.2, 0.25) is 3.49 Å². The number of aliphatic hydroxyl groups is 1. The number of aliphatic hydroxyl groups excluding tert-OH is 1. The minimum atomic E-state index is -1.99. The molecule has 1 nitrogen and oxygen atoms in total. The molecule has 0 amide bonds. The van der Waals surface area contributed by atoms with E-state index in [-0.39, 0.29) is 0 Å². The number of rotatable bonds is 2. The zero-order valence-electron chi connectivity index (χ0n) is 6.35. The fourth-order valence-electron chi connectivity index (χ4n) is 0.866. The molecular weight excluding hydrogens is 371 g/mol. The quantitative estimate of drug-likeness (QED) is 0.776. The van der Waals surface area contributed by atoms with Gasteiger partial charge in [0.1, 0.15) is 6.10 Å². The molecule has 0 bridgehead atoms. The highest BCUT2D eigenvalue weighted by Gasteiger charge is 2.33. The molecule has 5 heteroatoms. The van der Waals surface area contributed by atoms with Crippen molar-refractivity contribution in [3.05, 3.63) is 34.3 Å². The first-order valence-electron chi connectivity index (χ1n) is 3.41. The van der Waals surface area contributed by atoms with Gasteiger partial charge in [-0.15, -0.1) is 0 Å². The third-order valence-corrected chi connectivity index (χ3v) is 2.84. The number of hydrogen-bond acceptors (Lipinski definition) is 1. The van der Waals surface area contributed by atoms with Crippen LogP contribution in [0, 0.1) is 0 Å². The van der Waals surface area contributed by atoms with Crippen molar-refractivity contribution < 1.29 is 9.50 Å². The van der Waals surface area contributed by atoms with Crippen molar-refractivity contribution in [1.29, 1.82) is 0 Å². The van der Waals surface area contributed by atoms with E-state index in [9.17, 15) is 9.50 Å². The van der Waals surface area contributed by atoms with Crippen molar-refractivity contribution >= 4 is 47.8 Å². The SMILES string of the molecule is OC(c1cccc(Br)c1)C(F)(Br)Br. The molecular formula is C8H6Br3FO. The molecule has 0 aliphatic carbocycles. The third-order valence-electron chi connectivity index (χ3n) is 1.47. The van der Waals surface area contributed by atoms with Crippen molar-refractivity contribution in [2.75, 3.05) is 0 Å². The average molecular weight is 377 g/mol. The summed E-state index contributed by atoms with van der Waals surface area (Å²) in [6, 6.07) is 6.83. The van der Waals surface area contributed by atoms with Crippen LogP contribution < -0.4 is 0 Å². The maximum atomic E-state index is 13.2. The van der Waals surface area contributed by atoms with E-state index in [1.165, 1.54) is 0 Å². The molecule has 0 saturated heterocycles. The summed E-state index contributed by atoms with van der Waals surface area (Å²) >= 11 is 8.61. The summed E-state index contributed by atoms with van der Waals surface area (Å²) in [5.74, 6) is 0. The van der Waals surface area contributed by atoms with Gasteiger partial charge >= 0.3 is 0 Å². The Morgan fingerprint density at radius 1 is 1.38 bits per heavy atom. The first-order valence-corrected chi connectivity index (χ1v) is 5.79. The van der Waals surface area contributed by atoms with Crippen LogP contribution in [0.2, 0.25) is 0 Å². The summed E-state index contributed by atoms with van der Waals surface area (Å²) < 4.78 is 12.0. The summed E-state index contributed by atoms with van der Waals surface area (Å²) in [6.45, 7) is 0. The number of halogens is 4. The molecule has 0 aromatic heterocycles. The molecule has 0 aliphatic rings. The van der Waals surface area contributed by atoms with Gasteiger partial charge in [0.25, 0.3) is 0 Å². The molecule has 1 rings (SSSR count). The zero-order chi connectivity index (χ0) is 10.1. The Morgan fingerprint density at radius 2 is 2.00 bits per heavy atom. The second-order valence-corrected chi connectivity index (χ2v) is 6.79. The Hall–Kier alpha value is 0.550. The molecule has 1 unspecified atom stereocenters. The molecule has 0 saturated carbocycles. The van der Waals surface area contributed by atoms with Crippen molar-refractivity contribution in [3.63, 3.8) is 0 Å². The molecule has 1 atom stereocenters. The first-order chi connectivity index (χ1) is 5.91. The first kappa shape index (κ1) is 11.6. The highest BCUT2D eigenvalue weighted by molar-refractivity contribution is 9.25. The van der Waals surface area contributed by atoms with Gasteiger partial charge in [-0.25, -0.2) is 4.39 Å². The fraction of sp³-hybridized carbons (Fsp3) is 0.250. The van der Waals surface area contributed by atoms with Gasteiger partial charge < -0.3 is 5.11 Å². The van der Waals surface area contributed by atoms with Gasteiger partial charge in [0, 0.05) is 4.47 Å². The summed E-state index contributed by atoms with van der Waals surface area (Å²) in [5, 5.41) is 9.49. The van der Waals surface area contributed by atoms with Crippen molar-refractivity contribution in [2.45, 2.75) is 9.59 Å². The van der Waals surface area contributed by atoms with E-state index in [0.29, 0.717) is 5.56 Å². The molecule has 0 heterocycles. The van der Waals surface area contributed by atoms with Crippen LogP contribution in [0.1, 0.15) is 11.7 Å². The van der Waals surface area contributed by atoms with Gasteiger partial charge in [0.15, 0.2) is 0 Å². The fourth-order valence-corrected chi connectivity index (χ4v) is 1.81. The van der Waals surface area contributed by atoms with Gasteiger partial charge in [-0.05, 0) is 49.6 Å². The largest absolute Gasteiger partial charge is 0.383 e. The van der Waals surface area contributed by atoms with E-state index in [0.717, 1.165) is 4.47 Å².